The highest BCUT2D eigenvalue weighted by Crippen LogP contribution is 2.31. The van der Waals surface area contributed by atoms with Gasteiger partial charge in [-0.3, -0.25) is 0 Å². The fraction of sp³-hybridized carbons (Fsp3) is 0.571. The van der Waals surface area contributed by atoms with Gasteiger partial charge in [0.2, 0.25) is 0 Å². The van der Waals surface area contributed by atoms with Crippen molar-refractivity contribution in [3.8, 4) is 0 Å². The van der Waals surface area contributed by atoms with Crippen molar-refractivity contribution < 1.29 is 9.84 Å². The zero-order chi connectivity index (χ0) is 11.4. The van der Waals surface area contributed by atoms with Gasteiger partial charge in [0.15, 0.2) is 0 Å². The van der Waals surface area contributed by atoms with Gasteiger partial charge in [-0.2, -0.15) is 0 Å². The van der Waals surface area contributed by atoms with E-state index in [0.29, 0.717) is 13.2 Å². The summed E-state index contributed by atoms with van der Waals surface area (Å²) < 4.78 is 5.20. The van der Waals surface area contributed by atoms with E-state index in [4.69, 9.17) is 4.74 Å². The van der Waals surface area contributed by atoms with E-state index in [1.807, 2.05) is 0 Å². The SMILES string of the molecule is CCCc1ccc(CC2(CO)COC2)cc1. The predicted molar refractivity (Wildman–Crippen MR) is 64.5 cm³/mol. The van der Waals surface area contributed by atoms with Gasteiger partial charge in [-0.25, -0.2) is 0 Å². The van der Waals surface area contributed by atoms with Gasteiger partial charge in [-0.1, -0.05) is 37.6 Å². The third-order valence-electron chi connectivity index (χ3n) is 3.29. The molecule has 88 valence electrons. The van der Waals surface area contributed by atoms with Crippen molar-refractivity contribution in [1.29, 1.82) is 0 Å². The maximum absolute atomic E-state index is 9.36. The van der Waals surface area contributed by atoms with Crippen LogP contribution in [-0.4, -0.2) is 24.9 Å². The van der Waals surface area contributed by atoms with Gasteiger partial charge in [0, 0.05) is 5.41 Å². The summed E-state index contributed by atoms with van der Waals surface area (Å²) >= 11 is 0. The van der Waals surface area contributed by atoms with Crippen molar-refractivity contribution in [1.82, 2.24) is 0 Å². The van der Waals surface area contributed by atoms with Crippen molar-refractivity contribution >= 4 is 0 Å². The highest BCUT2D eigenvalue weighted by atomic mass is 16.5. The third kappa shape index (κ3) is 2.45. The number of ether oxygens (including phenoxy) is 1. The van der Waals surface area contributed by atoms with Crippen LogP contribution in [0.1, 0.15) is 24.5 Å². The molecule has 0 radical (unpaired) electrons. The van der Waals surface area contributed by atoms with Crippen molar-refractivity contribution in [2.75, 3.05) is 19.8 Å². The average Bonchev–Trinajstić information content (AvgIpc) is 2.26. The number of hydrogen-bond donors (Lipinski definition) is 1. The summed E-state index contributed by atoms with van der Waals surface area (Å²) in [6, 6.07) is 8.76. The fourth-order valence-electron chi connectivity index (χ4n) is 2.19. The molecule has 0 amide bonds. The number of benzene rings is 1. The molecule has 16 heavy (non-hydrogen) atoms. The maximum atomic E-state index is 9.36. The first-order chi connectivity index (χ1) is 7.78. The number of hydrogen-bond acceptors (Lipinski definition) is 2. The molecule has 1 aliphatic rings. The average molecular weight is 220 g/mol. The molecule has 1 N–H and O–H groups in total. The minimum Gasteiger partial charge on any atom is -0.396 e. The van der Waals surface area contributed by atoms with Crippen LogP contribution in [0.25, 0.3) is 0 Å². The number of rotatable bonds is 5. The van der Waals surface area contributed by atoms with Crippen LogP contribution >= 0.6 is 0 Å². The molecule has 1 aromatic carbocycles. The van der Waals surface area contributed by atoms with Crippen LogP contribution in [0.15, 0.2) is 24.3 Å². The molecule has 0 saturated carbocycles. The third-order valence-corrected chi connectivity index (χ3v) is 3.29. The lowest BCUT2D eigenvalue weighted by Gasteiger charge is -2.40. The van der Waals surface area contributed by atoms with Gasteiger partial charge in [-0.15, -0.1) is 0 Å². The summed E-state index contributed by atoms with van der Waals surface area (Å²) in [6.07, 6.45) is 3.26. The minimum absolute atomic E-state index is 0.00767. The first kappa shape index (κ1) is 11.6. The monoisotopic (exact) mass is 220 g/mol. The van der Waals surface area contributed by atoms with Crippen LogP contribution in [0.2, 0.25) is 0 Å². The van der Waals surface area contributed by atoms with Crippen molar-refractivity contribution in [2.45, 2.75) is 26.2 Å². The molecule has 2 heteroatoms. The molecule has 0 aliphatic carbocycles. The Hall–Kier alpha value is -0.860. The Morgan fingerprint density at radius 2 is 1.81 bits per heavy atom. The van der Waals surface area contributed by atoms with Crippen molar-refractivity contribution in [3.63, 3.8) is 0 Å². The second kappa shape index (κ2) is 4.98. The van der Waals surface area contributed by atoms with Crippen LogP contribution in [0.4, 0.5) is 0 Å². The highest BCUT2D eigenvalue weighted by Gasteiger charge is 2.37. The summed E-state index contributed by atoms with van der Waals surface area (Å²) in [4.78, 5) is 0. The summed E-state index contributed by atoms with van der Waals surface area (Å²) in [5.74, 6) is 0. The zero-order valence-electron chi connectivity index (χ0n) is 9.91. The maximum Gasteiger partial charge on any atom is 0.0570 e. The molecule has 1 aromatic rings. The number of aliphatic hydroxyl groups is 1. The lowest BCUT2D eigenvalue weighted by molar-refractivity contribution is -0.136. The molecular weight excluding hydrogens is 200 g/mol. The number of aliphatic hydroxyl groups excluding tert-OH is 1. The van der Waals surface area contributed by atoms with Crippen molar-refractivity contribution in [3.05, 3.63) is 35.4 Å². The van der Waals surface area contributed by atoms with Gasteiger partial charge in [0.1, 0.15) is 0 Å². The van der Waals surface area contributed by atoms with E-state index < -0.39 is 0 Å². The first-order valence-electron chi connectivity index (χ1n) is 6.04. The predicted octanol–water partition coefficient (Wildman–Crippen LogP) is 2.19. The quantitative estimate of drug-likeness (QED) is 0.824. The molecule has 0 aromatic heterocycles. The van der Waals surface area contributed by atoms with E-state index in [-0.39, 0.29) is 12.0 Å². The van der Waals surface area contributed by atoms with Crippen molar-refractivity contribution in [2.24, 2.45) is 5.41 Å². The van der Waals surface area contributed by atoms with Gasteiger partial charge in [0.25, 0.3) is 0 Å². The molecule has 0 spiro atoms. The van der Waals surface area contributed by atoms with Gasteiger partial charge in [-0.05, 0) is 24.0 Å². The van der Waals surface area contributed by atoms with Gasteiger partial charge in [0.05, 0.1) is 19.8 Å². The summed E-state index contributed by atoms with van der Waals surface area (Å²) in [5, 5.41) is 9.36. The molecule has 2 rings (SSSR count). The Labute approximate surface area is 97.3 Å². The summed E-state index contributed by atoms with van der Waals surface area (Å²) in [7, 11) is 0. The lowest BCUT2D eigenvalue weighted by atomic mass is 9.80. The molecule has 0 unspecified atom stereocenters. The topological polar surface area (TPSA) is 29.5 Å². The second-order valence-electron chi connectivity index (χ2n) is 4.89. The Kier molecular flexibility index (Phi) is 3.62. The van der Waals surface area contributed by atoms with E-state index in [1.165, 1.54) is 17.5 Å². The molecule has 1 fully saturated rings. The van der Waals surface area contributed by atoms with Gasteiger partial charge >= 0.3 is 0 Å². The summed E-state index contributed by atoms with van der Waals surface area (Å²) in [5.41, 5.74) is 2.69. The molecule has 0 atom stereocenters. The van der Waals surface area contributed by atoms with Crippen LogP contribution in [0.3, 0.4) is 0 Å². The van der Waals surface area contributed by atoms with Gasteiger partial charge < -0.3 is 9.84 Å². The minimum atomic E-state index is -0.00767. The largest absolute Gasteiger partial charge is 0.396 e. The molecular formula is C14H20O2. The first-order valence-corrected chi connectivity index (χ1v) is 6.04. The van der Waals surface area contributed by atoms with E-state index in [1.54, 1.807) is 0 Å². The molecule has 1 heterocycles. The lowest BCUT2D eigenvalue weighted by Crippen LogP contribution is -2.47. The molecule has 1 saturated heterocycles. The van der Waals surface area contributed by atoms with E-state index in [0.717, 1.165) is 12.8 Å². The smallest absolute Gasteiger partial charge is 0.0570 e. The second-order valence-corrected chi connectivity index (χ2v) is 4.89. The Morgan fingerprint density at radius 3 is 2.25 bits per heavy atom. The normalized spacial score (nSPS) is 18.1. The Bertz CT molecular complexity index is 320. The highest BCUT2D eigenvalue weighted by molar-refractivity contribution is 5.24. The zero-order valence-corrected chi connectivity index (χ0v) is 9.91. The fourth-order valence-corrected chi connectivity index (χ4v) is 2.19. The standard InChI is InChI=1S/C14H20O2/c1-2-3-12-4-6-13(7-5-12)8-14(9-15)10-16-11-14/h4-7,15H,2-3,8-11H2,1H3. The molecule has 0 bridgehead atoms. The van der Waals surface area contributed by atoms with E-state index in [9.17, 15) is 5.11 Å². The number of aryl methyl sites for hydroxylation is 1. The Balaban J connectivity index is 1.99. The molecule has 2 nitrogen and oxygen atoms in total. The van der Waals surface area contributed by atoms with Crippen LogP contribution < -0.4 is 0 Å². The van der Waals surface area contributed by atoms with Crippen LogP contribution in [-0.2, 0) is 17.6 Å². The molecule has 1 aliphatic heterocycles. The van der Waals surface area contributed by atoms with E-state index in [2.05, 4.69) is 31.2 Å². The van der Waals surface area contributed by atoms with Crippen LogP contribution in [0.5, 0.6) is 0 Å². The van der Waals surface area contributed by atoms with E-state index >= 15 is 0 Å². The van der Waals surface area contributed by atoms with Crippen LogP contribution in [0, 0.1) is 5.41 Å². The Morgan fingerprint density at radius 1 is 1.19 bits per heavy atom. The summed E-state index contributed by atoms with van der Waals surface area (Å²) in [6.45, 7) is 3.81.